The number of aliphatic carboxylic acids is 1. The minimum absolute atomic E-state index is 0.135. The number of hydrogen-bond donors (Lipinski definition) is 1. The molecule has 0 spiro atoms. The molecule has 0 aromatic carbocycles. The van der Waals surface area contributed by atoms with Crippen LogP contribution in [0.5, 0.6) is 0 Å². The molecule has 106 valence electrons. The van der Waals surface area contributed by atoms with Gasteiger partial charge in [0.05, 0.1) is 6.42 Å². The van der Waals surface area contributed by atoms with Crippen LogP contribution in [0.15, 0.2) is 11.6 Å². The molecule has 0 aromatic heterocycles. The summed E-state index contributed by atoms with van der Waals surface area (Å²) in [5.74, 6) is -0.639. The molecule has 1 heterocycles. The predicted molar refractivity (Wildman–Crippen MR) is 72.7 cm³/mol. The first-order valence-corrected chi connectivity index (χ1v) is 7.16. The maximum absolute atomic E-state index is 12.4. The second kappa shape index (κ2) is 5.76. The molecule has 0 unspecified atom stereocenters. The average molecular weight is 265 g/mol. The monoisotopic (exact) mass is 265 g/mol. The molecule has 4 heteroatoms. The average Bonchev–Trinajstić information content (AvgIpc) is 2.76. The molecule has 0 radical (unpaired) electrons. The van der Waals surface area contributed by atoms with E-state index in [0.717, 1.165) is 38.6 Å². The Labute approximate surface area is 114 Å². The Morgan fingerprint density at radius 2 is 2.00 bits per heavy atom. The standard InChI is InChI=1S/C15H23NO3/c1-12-5-4-8-16(11-12)13(17)9-15(10-14(18)19)6-2-3-7-15/h5H,2-4,6-11H2,1H3,(H,18,19). The molecule has 4 nitrogen and oxygen atoms in total. The van der Waals surface area contributed by atoms with Gasteiger partial charge < -0.3 is 10.0 Å². The van der Waals surface area contributed by atoms with Gasteiger partial charge in [-0.05, 0) is 31.6 Å². The fourth-order valence-corrected chi connectivity index (χ4v) is 3.42. The van der Waals surface area contributed by atoms with E-state index in [0.29, 0.717) is 13.0 Å². The fraction of sp³-hybridized carbons (Fsp3) is 0.733. The molecule has 0 atom stereocenters. The summed E-state index contributed by atoms with van der Waals surface area (Å²) in [6.45, 7) is 3.53. The van der Waals surface area contributed by atoms with Crippen LogP contribution in [0.1, 0.15) is 51.9 Å². The van der Waals surface area contributed by atoms with Crippen LogP contribution in [0.25, 0.3) is 0 Å². The lowest BCUT2D eigenvalue weighted by atomic mass is 9.79. The topological polar surface area (TPSA) is 57.6 Å². The van der Waals surface area contributed by atoms with Gasteiger partial charge in [-0.15, -0.1) is 0 Å². The second-order valence-corrected chi connectivity index (χ2v) is 6.11. The molecule has 0 saturated heterocycles. The summed E-state index contributed by atoms with van der Waals surface area (Å²) in [6.07, 6.45) is 7.52. The van der Waals surface area contributed by atoms with Gasteiger partial charge >= 0.3 is 5.97 Å². The molecule has 1 fully saturated rings. The molecule has 1 amide bonds. The van der Waals surface area contributed by atoms with E-state index >= 15 is 0 Å². The van der Waals surface area contributed by atoms with Crippen molar-refractivity contribution in [1.29, 1.82) is 0 Å². The van der Waals surface area contributed by atoms with Crippen molar-refractivity contribution in [3.05, 3.63) is 11.6 Å². The fourth-order valence-electron chi connectivity index (χ4n) is 3.42. The van der Waals surface area contributed by atoms with E-state index in [-0.39, 0.29) is 17.7 Å². The van der Waals surface area contributed by atoms with Gasteiger partial charge in [0, 0.05) is 19.5 Å². The van der Waals surface area contributed by atoms with Gasteiger partial charge in [0.1, 0.15) is 0 Å². The van der Waals surface area contributed by atoms with Crippen molar-refractivity contribution < 1.29 is 14.7 Å². The number of carboxylic acids is 1. The molecule has 0 aromatic rings. The van der Waals surface area contributed by atoms with Crippen LogP contribution in [0.3, 0.4) is 0 Å². The highest BCUT2D eigenvalue weighted by atomic mass is 16.4. The van der Waals surface area contributed by atoms with Gasteiger partial charge in [0.25, 0.3) is 0 Å². The van der Waals surface area contributed by atoms with Crippen molar-refractivity contribution in [1.82, 2.24) is 4.90 Å². The largest absolute Gasteiger partial charge is 0.481 e. The third-order valence-electron chi connectivity index (χ3n) is 4.40. The molecule has 0 bridgehead atoms. The maximum atomic E-state index is 12.4. The predicted octanol–water partition coefficient (Wildman–Crippen LogP) is 2.59. The Kier molecular flexibility index (Phi) is 4.27. The summed E-state index contributed by atoms with van der Waals surface area (Å²) in [6, 6.07) is 0. The van der Waals surface area contributed by atoms with Crippen LogP contribution in [0.2, 0.25) is 0 Å². The number of hydrogen-bond acceptors (Lipinski definition) is 2. The molecular weight excluding hydrogens is 242 g/mol. The highest BCUT2D eigenvalue weighted by Crippen LogP contribution is 2.44. The van der Waals surface area contributed by atoms with Gasteiger partial charge in [0.2, 0.25) is 5.91 Å². The summed E-state index contributed by atoms with van der Waals surface area (Å²) < 4.78 is 0. The summed E-state index contributed by atoms with van der Waals surface area (Å²) in [4.78, 5) is 25.3. The molecule has 1 N–H and O–H groups in total. The summed E-state index contributed by atoms with van der Waals surface area (Å²) in [7, 11) is 0. The van der Waals surface area contributed by atoms with Crippen LogP contribution >= 0.6 is 0 Å². The molecular formula is C15H23NO3. The smallest absolute Gasteiger partial charge is 0.303 e. The van der Waals surface area contributed by atoms with E-state index < -0.39 is 5.97 Å². The van der Waals surface area contributed by atoms with Crippen LogP contribution < -0.4 is 0 Å². The van der Waals surface area contributed by atoms with Gasteiger partial charge in [0.15, 0.2) is 0 Å². The number of nitrogens with zero attached hydrogens (tertiary/aromatic N) is 1. The first-order chi connectivity index (χ1) is 9.01. The Hall–Kier alpha value is -1.32. The summed E-state index contributed by atoms with van der Waals surface area (Å²) in [5.41, 5.74) is 0.955. The van der Waals surface area contributed by atoms with Crippen LogP contribution in [0.4, 0.5) is 0 Å². The molecule has 1 saturated carbocycles. The molecule has 2 rings (SSSR count). The maximum Gasteiger partial charge on any atom is 0.303 e. The van der Waals surface area contributed by atoms with E-state index in [1.165, 1.54) is 5.57 Å². The van der Waals surface area contributed by atoms with Crippen molar-refractivity contribution in [3.63, 3.8) is 0 Å². The lowest BCUT2D eigenvalue weighted by molar-refractivity contribution is -0.141. The van der Waals surface area contributed by atoms with Gasteiger partial charge in [-0.25, -0.2) is 0 Å². The number of carbonyl (C=O) groups excluding carboxylic acids is 1. The Morgan fingerprint density at radius 3 is 2.58 bits per heavy atom. The quantitative estimate of drug-likeness (QED) is 0.795. The highest BCUT2D eigenvalue weighted by Gasteiger charge is 2.39. The van der Waals surface area contributed by atoms with Crippen molar-refractivity contribution in [3.8, 4) is 0 Å². The summed E-state index contributed by atoms with van der Waals surface area (Å²) in [5, 5.41) is 9.07. The van der Waals surface area contributed by atoms with E-state index in [2.05, 4.69) is 6.08 Å². The lowest BCUT2D eigenvalue weighted by Crippen LogP contribution is -2.39. The minimum Gasteiger partial charge on any atom is -0.481 e. The Bertz CT molecular complexity index is 394. The molecule has 1 aliphatic heterocycles. The summed E-state index contributed by atoms with van der Waals surface area (Å²) >= 11 is 0. The van der Waals surface area contributed by atoms with E-state index in [9.17, 15) is 9.59 Å². The van der Waals surface area contributed by atoms with E-state index in [1.54, 1.807) is 0 Å². The first-order valence-electron chi connectivity index (χ1n) is 7.16. The van der Waals surface area contributed by atoms with Crippen molar-refractivity contribution in [2.75, 3.05) is 13.1 Å². The molecule has 1 aliphatic carbocycles. The normalized spacial score (nSPS) is 22.2. The highest BCUT2D eigenvalue weighted by molar-refractivity contribution is 5.78. The third kappa shape index (κ3) is 3.58. The number of carboxylic acid groups (broad SMARTS) is 1. The zero-order valence-corrected chi connectivity index (χ0v) is 11.7. The SMILES string of the molecule is CC1=CCCN(C(=O)CC2(CC(=O)O)CCCC2)C1. The van der Waals surface area contributed by atoms with Gasteiger partial charge in [-0.1, -0.05) is 24.5 Å². The lowest BCUT2D eigenvalue weighted by Gasteiger charge is -2.32. The Morgan fingerprint density at radius 1 is 1.32 bits per heavy atom. The van der Waals surface area contributed by atoms with Crippen molar-refractivity contribution >= 4 is 11.9 Å². The van der Waals surface area contributed by atoms with Gasteiger partial charge in [-0.2, -0.15) is 0 Å². The first kappa shape index (κ1) is 14.1. The van der Waals surface area contributed by atoms with E-state index in [1.807, 2.05) is 11.8 Å². The minimum atomic E-state index is -0.774. The number of amides is 1. The van der Waals surface area contributed by atoms with Gasteiger partial charge in [-0.3, -0.25) is 9.59 Å². The van der Waals surface area contributed by atoms with Crippen molar-refractivity contribution in [2.24, 2.45) is 5.41 Å². The van der Waals surface area contributed by atoms with Crippen LogP contribution in [0, 0.1) is 5.41 Å². The zero-order valence-electron chi connectivity index (χ0n) is 11.7. The number of carbonyl (C=O) groups is 2. The second-order valence-electron chi connectivity index (χ2n) is 6.11. The van der Waals surface area contributed by atoms with Crippen molar-refractivity contribution in [2.45, 2.75) is 51.9 Å². The zero-order chi connectivity index (χ0) is 13.9. The third-order valence-corrected chi connectivity index (χ3v) is 4.40. The van der Waals surface area contributed by atoms with E-state index in [4.69, 9.17) is 5.11 Å². The Balaban J connectivity index is 1.99. The molecule has 19 heavy (non-hydrogen) atoms. The van der Waals surface area contributed by atoms with Crippen LogP contribution in [-0.2, 0) is 9.59 Å². The number of rotatable bonds is 4. The molecule has 2 aliphatic rings. The van der Waals surface area contributed by atoms with Crippen LogP contribution in [-0.4, -0.2) is 35.0 Å².